The molecule has 0 aliphatic heterocycles. The van der Waals surface area contributed by atoms with Crippen molar-refractivity contribution in [3.8, 4) is 0 Å². The van der Waals surface area contributed by atoms with Crippen molar-refractivity contribution in [3.63, 3.8) is 0 Å². The molecule has 2 heterocycles. The number of anilines is 1. The monoisotopic (exact) mass is 441 g/mol. The first kappa shape index (κ1) is 21.6. The molecule has 2 aromatic heterocycles. The second-order valence-electron chi connectivity index (χ2n) is 6.49. The molecular formula is C16H21N5O6P2. The van der Waals surface area contributed by atoms with E-state index in [1.165, 1.54) is 19.6 Å². The van der Waals surface area contributed by atoms with Crippen LogP contribution in [0.5, 0.6) is 0 Å². The van der Waals surface area contributed by atoms with Crippen molar-refractivity contribution in [2.75, 3.05) is 11.2 Å². The number of benzene rings is 1. The molecule has 3 rings (SSSR count). The summed E-state index contributed by atoms with van der Waals surface area (Å²) in [7, 11) is -9.12. The number of nitrogens with one attached hydrogen (secondary N) is 1. The van der Waals surface area contributed by atoms with Crippen molar-refractivity contribution in [2.45, 2.75) is 26.1 Å². The minimum Gasteiger partial charge on any atom is -0.364 e. The van der Waals surface area contributed by atoms with Gasteiger partial charge in [-0.05, 0) is 12.5 Å². The van der Waals surface area contributed by atoms with Gasteiger partial charge in [0.2, 0.25) is 0 Å². The average molecular weight is 441 g/mol. The van der Waals surface area contributed by atoms with Gasteiger partial charge in [0.05, 0.1) is 19.0 Å². The number of hydrogen-bond acceptors (Lipinski definition) is 7. The summed E-state index contributed by atoms with van der Waals surface area (Å²) in [6, 6.07) is 9.77. The summed E-state index contributed by atoms with van der Waals surface area (Å²) >= 11 is 0. The lowest BCUT2D eigenvalue weighted by Crippen LogP contribution is -2.16. The van der Waals surface area contributed by atoms with E-state index in [2.05, 4.69) is 20.3 Å². The van der Waals surface area contributed by atoms with Crippen LogP contribution in [0.25, 0.3) is 11.2 Å². The first-order chi connectivity index (χ1) is 13.6. The maximum absolute atomic E-state index is 11.9. The number of hydrogen-bond donors (Lipinski definition) is 4. The average Bonchev–Trinajstić information content (AvgIpc) is 3.01. The summed E-state index contributed by atoms with van der Waals surface area (Å²) in [5.41, 5.74) is 2.09. The van der Waals surface area contributed by atoms with Gasteiger partial charge in [0.15, 0.2) is 17.4 Å². The minimum atomic E-state index is -4.68. The molecule has 0 saturated carbocycles. The van der Waals surface area contributed by atoms with Crippen molar-refractivity contribution >= 4 is 32.2 Å². The molecule has 29 heavy (non-hydrogen) atoms. The zero-order chi connectivity index (χ0) is 21.1. The summed E-state index contributed by atoms with van der Waals surface area (Å²) in [6.07, 6.45) is 2.06. The Morgan fingerprint density at radius 3 is 2.55 bits per heavy atom. The first-order valence-corrected chi connectivity index (χ1v) is 12.2. The Labute approximate surface area is 166 Å². The van der Waals surface area contributed by atoms with E-state index in [9.17, 15) is 14.0 Å². The number of imidazole rings is 1. The standard InChI is InChI=1S/C16H21N5O6P2/c1-12(27-29(25,26)11-28(22,23)24)8-21-10-20-14-15(18-9-19-16(14)21)17-7-13-5-3-2-4-6-13/h2-6,9-10,12H,7-8,11H2,1H3,(H,25,26)(H,17,18,19)(H2,22,23,24). The predicted molar refractivity (Wildman–Crippen MR) is 106 cm³/mol. The van der Waals surface area contributed by atoms with Crippen LogP contribution in [-0.4, -0.2) is 46.2 Å². The van der Waals surface area contributed by atoms with Gasteiger partial charge in [0.25, 0.3) is 0 Å². The van der Waals surface area contributed by atoms with Crippen LogP contribution in [0.15, 0.2) is 43.0 Å². The van der Waals surface area contributed by atoms with Gasteiger partial charge in [0.1, 0.15) is 11.8 Å². The van der Waals surface area contributed by atoms with Gasteiger partial charge >= 0.3 is 15.2 Å². The smallest absolute Gasteiger partial charge is 0.340 e. The summed E-state index contributed by atoms with van der Waals surface area (Å²) in [5, 5.41) is 3.21. The lowest BCUT2D eigenvalue weighted by atomic mass is 10.2. The van der Waals surface area contributed by atoms with Crippen molar-refractivity contribution in [2.24, 2.45) is 0 Å². The third-order valence-corrected chi connectivity index (χ3v) is 7.46. The summed E-state index contributed by atoms with van der Waals surface area (Å²) < 4.78 is 29.5. The minimum absolute atomic E-state index is 0.108. The molecule has 3 aromatic rings. The zero-order valence-electron chi connectivity index (χ0n) is 15.5. The van der Waals surface area contributed by atoms with E-state index in [1.807, 2.05) is 30.3 Å². The van der Waals surface area contributed by atoms with E-state index < -0.39 is 27.2 Å². The molecule has 0 spiro atoms. The topological polar surface area (TPSA) is 160 Å². The fourth-order valence-corrected chi connectivity index (χ4v) is 5.54. The van der Waals surface area contributed by atoms with Crippen molar-refractivity contribution in [1.82, 2.24) is 19.5 Å². The SMILES string of the molecule is CC(Cn1cnc2c(NCc3ccccc3)ncnc21)OP(=O)(O)CP(=O)(O)O. The molecule has 0 radical (unpaired) electrons. The van der Waals surface area contributed by atoms with Crippen LogP contribution < -0.4 is 5.32 Å². The fraction of sp³-hybridized carbons (Fsp3) is 0.312. The zero-order valence-corrected chi connectivity index (χ0v) is 17.3. The molecule has 11 nitrogen and oxygen atoms in total. The Balaban J connectivity index is 1.71. The molecule has 2 unspecified atom stereocenters. The van der Waals surface area contributed by atoms with E-state index >= 15 is 0 Å². The molecule has 0 fully saturated rings. The van der Waals surface area contributed by atoms with E-state index in [0.717, 1.165) is 5.56 Å². The largest absolute Gasteiger partial charge is 0.364 e. The van der Waals surface area contributed by atoms with Gasteiger partial charge in [-0.25, -0.2) is 15.0 Å². The Morgan fingerprint density at radius 2 is 1.86 bits per heavy atom. The van der Waals surface area contributed by atoms with Crippen LogP contribution >= 0.6 is 15.2 Å². The molecule has 4 N–H and O–H groups in total. The highest BCUT2D eigenvalue weighted by molar-refractivity contribution is 7.70. The van der Waals surface area contributed by atoms with Crippen molar-refractivity contribution < 1.29 is 28.3 Å². The van der Waals surface area contributed by atoms with Crippen molar-refractivity contribution in [1.29, 1.82) is 0 Å². The predicted octanol–water partition coefficient (Wildman–Crippen LogP) is 2.16. The molecule has 13 heteroatoms. The molecule has 2 atom stereocenters. The quantitative estimate of drug-likeness (QED) is 0.362. The second kappa shape index (κ2) is 8.71. The maximum atomic E-state index is 11.9. The number of fused-ring (bicyclic) bond motifs is 1. The molecule has 156 valence electrons. The van der Waals surface area contributed by atoms with Crippen LogP contribution in [0.2, 0.25) is 0 Å². The van der Waals surface area contributed by atoms with Gasteiger partial charge < -0.3 is 29.1 Å². The fourth-order valence-electron chi connectivity index (χ4n) is 2.78. The van der Waals surface area contributed by atoms with Gasteiger partial charge in [-0.1, -0.05) is 30.3 Å². The number of aromatic nitrogens is 4. The molecule has 0 amide bonds. The molecule has 0 aliphatic rings. The Hall–Kier alpha value is -2.13. The van der Waals surface area contributed by atoms with Crippen LogP contribution in [0.4, 0.5) is 5.82 Å². The van der Waals surface area contributed by atoms with Gasteiger partial charge in [-0.15, -0.1) is 0 Å². The summed E-state index contributed by atoms with van der Waals surface area (Å²) in [4.78, 5) is 40.2. The third-order valence-electron chi connectivity index (χ3n) is 3.87. The highest BCUT2D eigenvalue weighted by atomic mass is 31.2. The van der Waals surface area contributed by atoms with Crippen LogP contribution in [0.1, 0.15) is 12.5 Å². The molecular weight excluding hydrogens is 420 g/mol. The van der Waals surface area contributed by atoms with Gasteiger partial charge in [-0.3, -0.25) is 9.13 Å². The molecule has 1 aromatic carbocycles. The highest BCUT2D eigenvalue weighted by Crippen LogP contribution is 2.56. The van der Waals surface area contributed by atoms with Gasteiger partial charge in [0, 0.05) is 6.54 Å². The van der Waals surface area contributed by atoms with Crippen LogP contribution in [-0.2, 0) is 26.7 Å². The maximum Gasteiger partial charge on any atom is 0.340 e. The number of nitrogens with zero attached hydrogens (tertiary/aromatic N) is 4. The van der Waals surface area contributed by atoms with Crippen LogP contribution in [0, 0.1) is 0 Å². The van der Waals surface area contributed by atoms with Gasteiger partial charge in [-0.2, -0.15) is 0 Å². The number of rotatable bonds is 9. The summed E-state index contributed by atoms with van der Waals surface area (Å²) in [6.45, 7) is 2.18. The third kappa shape index (κ3) is 6.17. The van der Waals surface area contributed by atoms with E-state index in [-0.39, 0.29) is 6.54 Å². The van der Waals surface area contributed by atoms with E-state index in [1.54, 1.807) is 4.57 Å². The Morgan fingerprint density at radius 1 is 1.14 bits per heavy atom. The van der Waals surface area contributed by atoms with Crippen LogP contribution in [0.3, 0.4) is 0 Å². The first-order valence-electron chi connectivity index (χ1n) is 8.61. The second-order valence-corrected chi connectivity index (χ2v) is 10.4. The Bertz CT molecular complexity index is 1070. The van der Waals surface area contributed by atoms with E-state index in [0.29, 0.717) is 23.5 Å². The molecule has 0 saturated heterocycles. The normalized spacial score (nSPS) is 15.2. The van der Waals surface area contributed by atoms with Crippen molar-refractivity contribution in [3.05, 3.63) is 48.5 Å². The molecule has 0 aliphatic carbocycles. The highest BCUT2D eigenvalue weighted by Gasteiger charge is 2.32. The summed E-state index contributed by atoms with van der Waals surface area (Å²) in [5.74, 6) is -0.689. The van der Waals surface area contributed by atoms with E-state index in [4.69, 9.17) is 14.3 Å². The Kier molecular flexibility index (Phi) is 6.48. The lowest BCUT2D eigenvalue weighted by Gasteiger charge is -2.18. The molecule has 0 bridgehead atoms. The lowest BCUT2D eigenvalue weighted by molar-refractivity contribution is 0.174.